The number of Topliss-reactive ketones (excluding diaryl/α,β-unsaturated/α-hetero) is 3. The number of pyridine rings is 2. The minimum Gasteiger partial charge on any atom is -0.377 e. The maximum atomic E-state index is 12.7. The number of hydrogen-bond donors (Lipinski definition) is 7. The van der Waals surface area contributed by atoms with Crippen molar-refractivity contribution in [3.8, 4) is 0 Å². The van der Waals surface area contributed by atoms with Gasteiger partial charge in [-0.3, -0.25) is 38.4 Å². The summed E-state index contributed by atoms with van der Waals surface area (Å²) in [5, 5.41) is 21.8. The molecule has 0 saturated carbocycles. The van der Waals surface area contributed by atoms with E-state index >= 15 is 0 Å². The molecule has 29 heteroatoms. The molecule has 0 aromatic carbocycles. The minimum atomic E-state index is -0.722. The second kappa shape index (κ2) is 44.9. The normalized spacial score (nSPS) is 15.8. The summed E-state index contributed by atoms with van der Waals surface area (Å²) in [4.78, 5) is 112. The first-order chi connectivity index (χ1) is 39.3. The number of rotatable bonds is 41. The number of ketones is 3. The van der Waals surface area contributed by atoms with Gasteiger partial charge in [0.05, 0.1) is 76.3 Å². The highest BCUT2D eigenvalue weighted by atomic mass is 33.1. The van der Waals surface area contributed by atoms with Gasteiger partial charge in [-0.25, -0.2) is 14.8 Å². The van der Waals surface area contributed by atoms with Gasteiger partial charge >= 0.3 is 6.03 Å². The van der Waals surface area contributed by atoms with E-state index in [1.807, 2.05) is 62.0 Å². The van der Waals surface area contributed by atoms with E-state index < -0.39 is 16.8 Å². The predicted molar refractivity (Wildman–Crippen MR) is 319 cm³/mol. The monoisotopic (exact) mass is 1250 g/mol. The van der Waals surface area contributed by atoms with Gasteiger partial charge in [0.15, 0.2) is 17.3 Å². The molecule has 460 valence electrons. The van der Waals surface area contributed by atoms with Crippen molar-refractivity contribution in [3.05, 3.63) is 48.8 Å². The lowest BCUT2D eigenvalue weighted by atomic mass is 10.0. The van der Waals surface area contributed by atoms with Gasteiger partial charge in [-0.2, -0.15) is 11.8 Å². The standard InChI is InChI=1S/C19H29N3O5S2.C17H25N3O5S2.C17H29N3O5S/c1-14(23)13-27-12-11-26-10-9-21-18(25)17(22-15(2)24)19(3,4)29-28-16-7-5-6-8-20-16;1-13(21)11-25-10-9-24-8-7-19-17(23)15(20-14(2)22)12-26-27-16-5-3-4-6-18-16;1-12(21)10-25-9-8-24-7-6-18-15(22)5-3-2-4-14-16-13(11-26-14)19-17(23)20-16/h5-8,17H,9-13H2,1-4H3,(H,21,25)(H,22,24);3-6,15H,7-12H2,1-2H3,(H,19,23)(H,20,22);13-14,16H,2-11H2,1H3,(H,18,22)(H2,19,20,23). The van der Waals surface area contributed by atoms with Crippen molar-refractivity contribution in [1.29, 1.82) is 0 Å². The zero-order chi connectivity index (χ0) is 60.4. The van der Waals surface area contributed by atoms with E-state index in [1.165, 1.54) is 77.8 Å². The summed E-state index contributed by atoms with van der Waals surface area (Å²) < 4.78 is 30.6. The van der Waals surface area contributed by atoms with E-state index in [9.17, 15) is 43.2 Å². The summed E-state index contributed by atoms with van der Waals surface area (Å²) in [5.41, 5.74) is 0. The van der Waals surface area contributed by atoms with Crippen LogP contribution in [0.1, 0.15) is 74.1 Å². The maximum Gasteiger partial charge on any atom is 0.315 e. The molecule has 7 amide bonds. The molecule has 2 aliphatic heterocycles. The molecule has 0 spiro atoms. The van der Waals surface area contributed by atoms with Gasteiger partial charge < -0.3 is 65.6 Å². The number of amides is 7. The van der Waals surface area contributed by atoms with Crippen molar-refractivity contribution in [2.75, 3.05) is 110 Å². The molecule has 4 heterocycles. The van der Waals surface area contributed by atoms with Gasteiger partial charge in [0.2, 0.25) is 29.5 Å². The second-order valence-corrected chi connectivity index (χ2v) is 25.2. The molecule has 0 bridgehead atoms. The summed E-state index contributed by atoms with van der Waals surface area (Å²) in [5.74, 6) is 0.237. The molecular formula is C53H83N9O15S5. The molecule has 2 aromatic heterocycles. The lowest BCUT2D eigenvalue weighted by Gasteiger charge is -2.32. The summed E-state index contributed by atoms with van der Waals surface area (Å²) >= 11 is 1.90. The molecule has 82 heavy (non-hydrogen) atoms. The smallest absolute Gasteiger partial charge is 0.315 e. The van der Waals surface area contributed by atoms with Crippen molar-refractivity contribution in [2.24, 2.45) is 0 Å². The topological polar surface area (TPSA) is 319 Å². The number of carbonyl (C=O) groups excluding carboxylic acids is 9. The molecule has 5 unspecified atom stereocenters. The first-order valence-corrected chi connectivity index (χ1v) is 32.3. The molecule has 0 aliphatic carbocycles. The summed E-state index contributed by atoms with van der Waals surface area (Å²) in [6.45, 7) is 15.5. The highest BCUT2D eigenvalue weighted by Gasteiger charge is 2.42. The highest BCUT2D eigenvalue weighted by molar-refractivity contribution is 8.77. The quantitative estimate of drug-likeness (QED) is 0.0285. The zero-order valence-electron chi connectivity index (χ0n) is 47.9. The number of unbranched alkanes of at least 4 members (excludes halogenated alkanes) is 1. The zero-order valence-corrected chi connectivity index (χ0v) is 52.0. The van der Waals surface area contributed by atoms with E-state index in [4.69, 9.17) is 28.4 Å². The highest BCUT2D eigenvalue weighted by Crippen LogP contribution is 2.42. The van der Waals surface area contributed by atoms with Crippen LogP contribution in [0.3, 0.4) is 0 Å². The van der Waals surface area contributed by atoms with Crippen LogP contribution in [-0.2, 0) is 66.8 Å². The Bertz CT molecular complexity index is 2220. The lowest BCUT2D eigenvalue weighted by Crippen LogP contribution is -2.56. The predicted octanol–water partition coefficient (Wildman–Crippen LogP) is 3.36. The van der Waals surface area contributed by atoms with Gasteiger partial charge in [-0.15, -0.1) is 0 Å². The number of nitrogens with zero attached hydrogens (tertiary/aromatic N) is 2. The number of aromatic nitrogens is 2. The average molecular weight is 1250 g/mol. The van der Waals surface area contributed by atoms with E-state index in [2.05, 4.69) is 47.2 Å². The third-order valence-electron chi connectivity index (χ3n) is 10.8. The fourth-order valence-electron chi connectivity index (χ4n) is 6.99. The molecule has 2 saturated heterocycles. The Morgan fingerprint density at radius 2 is 1.13 bits per heavy atom. The van der Waals surface area contributed by atoms with Crippen LogP contribution in [0.15, 0.2) is 58.8 Å². The van der Waals surface area contributed by atoms with Gasteiger partial charge in [0.1, 0.15) is 42.0 Å². The molecule has 24 nitrogen and oxygen atoms in total. The Morgan fingerprint density at radius 3 is 1.63 bits per heavy atom. The summed E-state index contributed by atoms with van der Waals surface area (Å²) in [7, 11) is 5.81. The average Bonchev–Trinajstić information content (AvgIpc) is 4.24. The van der Waals surface area contributed by atoms with Crippen molar-refractivity contribution in [1.82, 2.24) is 47.2 Å². The molecule has 2 fully saturated rings. The van der Waals surface area contributed by atoms with Crippen LogP contribution < -0.4 is 37.2 Å². The molecule has 5 atom stereocenters. The number of urea groups is 1. The van der Waals surface area contributed by atoms with E-state index in [-0.39, 0.29) is 84.8 Å². The molecule has 2 aliphatic rings. The van der Waals surface area contributed by atoms with E-state index in [0.717, 1.165) is 35.1 Å². The molecule has 0 radical (unpaired) electrons. The molecule has 4 rings (SSSR count). The van der Waals surface area contributed by atoms with Crippen molar-refractivity contribution < 1.29 is 71.6 Å². The number of nitrogens with one attached hydrogen (secondary N) is 7. The maximum absolute atomic E-state index is 12.7. The van der Waals surface area contributed by atoms with Crippen LogP contribution in [0, 0.1) is 0 Å². The Labute approximate surface area is 501 Å². The van der Waals surface area contributed by atoms with Crippen LogP contribution >= 0.6 is 54.9 Å². The number of ether oxygens (including phenoxy) is 6. The third kappa shape index (κ3) is 36.9. The lowest BCUT2D eigenvalue weighted by molar-refractivity contribution is -0.128. The first kappa shape index (κ1) is 73.5. The van der Waals surface area contributed by atoms with Crippen LogP contribution in [0.5, 0.6) is 0 Å². The molecule has 2 aromatic rings. The largest absolute Gasteiger partial charge is 0.377 e. The fourth-order valence-corrected chi connectivity index (χ4v) is 12.9. The first-order valence-electron chi connectivity index (χ1n) is 26.7. The van der Waals surface area contributed by atoms with E-state index in [0.29, 0.717) is 96.5 Å². The van der Waals surface area contributed by atoms with Crippen molar-refractivity contribution in [3.63, 3.8) is 0 Å². The van der Waals surface area contributed by atoms with Gasteiger partial charge in [-0.1, -0.05) is 40.1 Å². The fraction of sp³-hybridized carbons (Fsp3) is 0.642. The van der Waals surface area contributed by atoms with Crippen LogP contribution in [0.2, 0.25) is 0 Å². The summed E-state index contributed by atoms with van der Waals surface area (Å²) in [6.07, 6.45) is 6.77. The molecular weight excluding hydrogens is 1160 g/mol. The van der Waals surface area contributed by atoms with Crippen LogP contribution in [-0.4, -0.2) is 207 Å². The number of hydrogen-bond acceptors (Lipinski definition) is 22. The van der Waals surface area contributed by atoms with Gasteiger partial charge in [0, 0.05) is 69.1 Å². The van der Waals surface area contributed by atoms with Crippen molar-refractivity contribution >= 4 is 108 Å². The second-order valence-electron chi connectivity index (χ2n) is 18.8. The minimum absolute atomic E-state index is 0.00623. The Kier molecular flexibility index (Phi) is 40.3. The third-order valence-corrected chi connectivity index (χ3v) is 17.8. The van der Waals surface area contributed by atoms with Crippen LogP contribution in [0.25, 0.3) is 0 Å². The van der Waals surface area contributed by atoms with Gasteiger partial charge in [-0.05, 0) is 93.3 Å². The Hall–Kier alpha value is -4.56. The SMILES string of the molecule is CC(=O)COCCOCCNC(=O)C(CSSc1ccccn1)NC(C)=O.CC(=O)COCCOCCNC(=O)C(NC(C)=O)C(C)(C)SSc1ccccn1.CC(=O)COCCOCCNC(=O)CCCCC1SCC2NC(=O)NC21. The number of carbonyl (C=O) groups is 9. The van der Waals surface area contributed by atoms with E-state index in [1.54, 1.807) is 12.4 Å². The van der Waals surface area contributed by atoms with Gasteiger partial charge in [0.25, 0.3) is 0 Å². The van der Waals surface area contributed by atoms with Crippen molar-refractivity contribution in [2.45, 2.75) is 118 Å². The summed E-state index contributed by atoms with van der Waals surface area (Å²) in [6, 6.07) is 10.3. The number of thioether (sulfide) groups is 1. The Balaban J connectivity index is 0.000000421. The Morgan fingerprint density at radius 1 is 0.634 bits per heavy atom. The van der Waals surface area contributed by atoms with Crippen LogP contribution in [0.4, 0.5) is 4.79 Å². The number of fused-ring (bicyclic) bond motifs is 1. The molecule has 7 N–H and O–H groups in total.